The van der Waals surface area contributed by atoms with Gasteiger partial charge in [0.25, 0.3) is 0 Å². The lowest BCUT2D eigenvalue weighted by molar-refractivity contribution is 0.686. The van der Waals surface area contributed by atoms with Gasteiger partial charge in [0.1, 0.15) is 0 Å². The second-order valence-electron chi connectivity index (χ2n) is 3.99. The molecule has 1 unspecified atom stereocenters. The molecule has 1 aromatic carbocycles. The minimum Gasteiger partial charge on any atom is -0.316 e. The third-order valence-corrected chi connectivity index (χ3v) is 2.90. The SMILES string of the molecule is C/C(=C/c1ccccc1)C1CCNC1. The van der Waals surface area contributed by atoms with E-state index in [-0.39, 0.29) is 0 Å². The van der Waals surface area contributed by atoms with Crippen LogP contribution in [0.1, 0.15) is 18.9 Å². The van der Waals surface area contributed by atoms with Crippen LogP contribution < -0.4 is 5.32 Å². The maximum absolute atomic E-state index is 3.40. The average molecular weight is 187 g/mol. The van der Waals surface area contributed by atoms with Gasteiger partial charge in [-0.05, 0) is 31.4 Å². The van der Waals surface area contributed by atoms with Crippen molar-refractivity contribution < 1.29 is 0 Å². The maximum Gasteiger partial charge on any atom is 0.00173 e. The Morgan fingerprint density at radius 3 is 2.79 bits per heavy atom. The second-order valence-corrected chi connectivity index (χ2v) is 3.99. The molecule has 1 fully saturated rings. The zero-order valence-corrected chi connectivity index (χ0v) is 8.66. The lowest BCUT2D eigenvalue weighted by Gasteiger charge is -2.08. The summed E-state index contributed by atoms with van der Waals surface area (Å²) in [5.41, 5.74) is 2.82. The molecule has 1 aliphatic heterocycles. The number of benzene rings is 1. The van der Waals surface area contributed by atoms with Crippen molar-refractivity contribution in [3.05, 3.63) is 41.5 Å². The fourth-order valence-electron chi connectivity index (χ4n) is 1.97. The van der Waals surface area contributed by atoms with E-state index in [1.165, 1.54) is 24.1 Å². The van der Waals surface area contributed by atoms with Crippen LogP contribution in [0.4, 0.5) is 0 Å². The Kier molecular flexibility index (Phi) is 3.00. The molecule has 74 valence electrons. The first-order valence-electron chi connectivity index (χ1n) is 5.30. The summed E-state index contributed by atoms with van der Waals surface area (Å²) in [6, 6.07) is 10.6. The Labute approximate surface area is 85.8 Å². The molecule has 0 aromatic heterocycles. The summed E-state index contributed by atoms with van der Waals surface area (Å²) in [7, 11) is 0. The molecule has 0 bridgehead atoms. The lowest BCUT2D eigenvalue weighted by atomic mass is 9.98. The number of nitrogens with one attached hydrogen (secondary N) is 1. The van der Waals surface area contributed by atoms with Gasteiger partial charge in [-0.2, -0.15) is 0 Å². The van der Waals surface area contributed by atoms with Crippen LogP contribution in [-0.4, -0.2) is 13.1 Å². The van der Waals surface area contributed by atoms with Crippen molar-refractivity contribution in [2.45, 2.75) is 13.3 Å². The first-order valence-corrected chi connectivity index (χ1v) is 5.30. The molecule has 1 saturated heterocycles. The van der Waals surface area contributed by atoms with E-state index in [0.717, 1.165) is 12.5 Å². The van der Waals surface area contributed by atoms with E-state index < -0.39 is 0 Å². The van der Waals surface area contributed by atoms with Crippen molar-refractivity contribution in [3.8, 4) is 0 Å². The predicted octanol–water partition coefficient (Wildman–Crippen LogP) is 2.70. The molecule has 1 atom stereocenters. The number of rotatable bonds is 2. The van der Waals surface area contributed by atoms with Crippen LogP contribution in [0.25, 0.3) is 6.08 Å². The van der Waals surface area contributed by atoms with Crippen molar-refractivity contribution >= 4 is 6.08 Å². The van der Waals surface area contributed by atoms with Crippen LogP contribution in [0.2, 0.25) is 0 Å². The van der Waals surface area contributed by atoms with Gasteiger partial charge in [-0.15, -0.1) is 0 Å². The van der Waals surface area contributed by atoms with Gasteiger partial charge in [0.2, 0.25) is 0 Å². The topological polar surface area (TPSA) is 12.0 Å². The average Bonchev–Trinajstić information content (AvgIpc) is 2.72. The Bertz CT molecular complexity index is 307. The van der Waals surface area contributed by atoms with Gasteiger partial charge in [-0.1, -0.05) is 42.0 Å². The highest BCUT2D eigenvalue weighted by molar-refractivity contribution is 5.52. The molecule has 1 N–H and O–H groups in total. The normalized spacial score (nSPS) is 22.6. The fraction of sp³-hybridized carbons (Fsp3) is 0.385. The molecule has 2 rings (SSSR count). The quantitative estimate of drug-likeness (QED) is 0.750. The zero-order valence-electron chi connectivity index (χ0n) is 8.66. The van der Waals surface area contributed by atoms with Gasteiger partial charge in [-0.25, -0.2) is 0 Å². The van der Waals surface area contributed by atoms with Crippen molar-refractivity contribution in [1.82, 2.24) is 5.32 Å². The maximum atomic E-state index is 3.40. The van der Waals surface area contributed by atoms with Crippen LogP contribution in [0.3, 0.4) is 0 Å². The van der Waals surface area contributed by atoms with E-state index in [2.05, 4.69) is 48.6 Å². The van der Waals surface area contributed by atoms with Crippen LogP contribution in [-0.2, 0) is 0 Å². The van der Waals surface area contributed by atoms with Gasteiger partial charge in [-0.3, -0.25) is 0 Å². The smallest absolute Gasteiger partial charge is 0.00173 e. The molecule has 14 heavy (non-hydrogen) atoms. The molecule has 1 aromatic rings. The molecular weight excluding hydrogens is 170 g/mol. The van der Waals surface area contributed by atoms with Gasteiger partial charge in [0.15, 0.2) is 0 Å². The van der Waals surface area contributed by atoms with Crippen LogP contribution in [0.5, 0.6) is 0 Å². The summed E-state index contributed by atoms with van der Waals surface area (Å²) < 4.78 is 0. The summed E-state index contributed by atoms with van der Waals surface area (Å²) in [6.07, 6.45) is 3.59. The Balaban J connectivity index is 2.10. The van der Waals surface area contributed by atoms with Crippen LogP contribution in [0.15, 0.2) is 35.9 Å². The zero-order chi connectivity index (χ0) is 9.80. The number of hydrogen-bond acceptors (Lipinski definition) is 1. The second kappa shape index (κ2) is 4.43. The summed E-state index contributed by atoms with van der Waals surface area (Å²) in [5.74, 6) is 0.746. The Morgan fingerprint density at radius 1 is 1.36 bits per heavy atom. The van der Waals surface area contributed by atoms with Crippen LogP contribution in [0, 0.1) is 5.92 Å². The van der Waals surface area contributed by atoms with Gasteiger partial charge in [0.05, 0.1) is 0 Å². The summed E-state index contributed by atoms with van der Waals surface area (Å²) in [4.78, 5) is 0. The number of hydrogen-bond donors (Lipinski definition) is 1. The summed E-state index contributed by atoms with van der Waals surface area (Å²) >= 11 is 0. The summed E-state index contributed by atoms with van der Waals surface area (Å²) in [6.45, 7) is 4.56. The molecule has 1 nitrogen and oxygen atoms in total. The van der Waals surface area contributed by atoms with Crippen molar-refractivity contribution in [2.24, 2.45) is 5.92 Å². The monoisotopic (exact) mass is 187 g/mol. The molecule has 0 aliphatic carbocycles. The van der Waals surface area contributed by atoms with Crippen LogP contribution >= 0.6 is 0 Å². The molecule has 0 amide bonds. The van der Waals surface area contributed by atoms with E-state index in [0.29, 0.717) is 0 Å². The molecule has 1 aliphatic rings. The first-order chi connectivity index (χ1) is 6.86. The summed E-state index contributed by atoms with van der Waals surface area (Å²) in [5, 5.41) is 3.40. The van der Waals surface area contributed by atoms with Crippen molar-refractivity contribution in [1.29, 1.82) is 0 Å². The largest absolute Gasteiger partial charge is 0.316 e. The van der Waals surface area contributed by atoms with Gasteiger partial charge in [0, 0.05) is 6.54 Å². The first kappa shape index (κ1) is 9.47. The molecule has 1 heterocycles. The molecule has 0 radical (unpaired) electrons. The van der Waals surface area contributed by atoms with Crippen molar-refractivity contribution in [3.63, 3.8) is 0 Å². The van der Waals surface area contributed by atoms with E-state index in [4.69, 9.17) is 0 Å². The molecule has 1 heteroatoms. The predicted molar refractivity (Wildman–Crippen MR) is 61.1 cm³/mol. The van der Waals surface area contributed by atoms with E-state index in [9.17, 15) is 0 Å². The van der Waals surface area contributed by atoms with E-state index in [1.807, 2.05) is 0 Å². The third kappa shape index (κ3) is 2.24. The molecular formula is C13H17N. The van der Waals surface area contributed by atoms with Crippen molar-refractivity contribution in [2.75, 3.05) is 13.1 Å². The van der Waals surface area contributed by atoms with Gasteiger partial charge >= 0.3 is 0 Å². The Morgan fingerprint density at radius 2 is 2.14 bits per heavy atom. The highest BCUT2D eigenvalue weighted by atomic mass is 14.9. The minimum atomic E-state index is 0.746. The molecule has 0 spiro atoms. The lowest BCUT2D eigenvalue weighted by Crippen LogP contribution is -2.09. The fourth-order valence-corrected chi connectivity index (χ4v) is 1.97. The Hall–Kier alpha value is -1.08. The van der Waals surface area contributed by atoms with Gasteiger partial charge < -0.3 is 5.32 Å². The standard InChI is InChI=1S/C13H17N/c1-11(13-7-8-14-10-13)9-12-5-3-2-4-6-12/h2-6,9,13-14H,7-8,10H2,1H3/b11-9-. The molecule has 0 saturated carbocycles. The highest BCUT2D eigenvalue weighted by Crippen LogP contribution is 2.20. The third-order valence-electron chi connectivity index (χ3n) is 2.90. The van der Waals surface area contributed by atoms with E-state index >= 15 is 0 Å². The van der Waals surface area contributed by atoms with E-state index in [1.54, 1.807) is 0 Å². The highest BCUT2D eigenvalue weighted by Gasteiger charge is 2.15. The minimum absolute atomic E-state index is 0.746.